The van der Waals surface area contributed by atoms with Gasteiger partial charge >= 0.3 is 0 Å². The monoisotopic (exact) mass is 686 g/mol. The number of nitrogens with zero attached hydrogens (tertiary/aromatic N) is 3. The average molecular weight is 686 g/mol. The predicted molar refractivity (Wildman–Crippen MR) is 230 cm³/mol. The van der Waals surface area contributed by atoms with Gasteiger partial charge in [0, 0.05) is 51.2 Å². The molecule has 8 aromatic rings. The fourth-order valence-corrected chi connectivity index (χ4v) is 9.75. The van der Waals surface area contributed by atoms with Crippen LogP contribution < -0.4 is 52.8 Å². The van der Waals surface area contributed by atoms with Crippen LogP contribution in [0.5, 0.6) is 0 Å². The molecule has 250 valence electrons. The van der Waals surface area contributed by atoms with E-state index in [9.17, 15) is 0 Å². The summed E-state index contributed by atoms with van der Waals surface area (Å²) in [6.45, 7) is 0.176. The third-order valence-electron chi connectivity index (χ3n) is 11.8. The van der Waals surface area contributed by atoms with Gasteiger partial charge in [-0.15, -0.1) is 0 Å². The summed E-state index contributed by atoms with van der Waals surface area (Å²) in [6, 6.07) is 68.9. The highest BCUT2D eigenvalue weighted by Gasteiger charge is 2.50. The maximum atomic E-state index is 3.97. The Bertz CT molecular complexity index is 2750. The number of benzene rings is 8. The minimum Gasteiger partial charge on any atom is -0.356 e. The van der Waals surface area contributed by atoms with Crippen LogP contribution in [0.2, 0.25) is 0 Å². The van der Waals surface area contributed by atoms with Gasteiger partial charge in [0.1, 0.15) is 0 Å². The Morgan fingerprint density at radius 2 is 0.833 bits per heavy atom. The number of anilines is 11. The van der Waals surface area contributed by atoms with E-state index in [-0.39, 0.29) is 13.4 Å². The second-order valence-corrected chi connectivity index (χ2v) is 14.5. The molecule has 0 spiro atoms. The maximum absolute atomic E-state index is 3.97. The predicted octanol–water partition coefficient (Wildman–Crippen LogP) is 8.13. The molecule has 0 aromatic heterocycles. The van der Waals surface area contributed by atoms with Crippen LogP contribution in [0.1, 0.15) is 0 Å². The fourth-order valence-electron chi connectivity index (χ4n) is 9.75. The van der Waals surface area contributed by atoms with Crippen LogP contribution in [0.3, 0.4) is 0 Å². The summed E-state index contributed by atoms with van der Waals surface area (Å²) in [6.07, 6.45) is 0. The van der Waals surface area contributed by atoms with Crippen molar-refractivity contribution < 1.29 is 0 Å². The van der Waals surface area contributed by atoms with E-state index in [0.29, 0.717) is 0 Å². The molecule has 0 saturated carbocycles. The Morgan fingerprint density at radius 3 is 1.44 bits per heavy atom. The zero-order chi connectivity index (χ0) is 35.3. The summed E-state index contributed by atoms with van der Waals surface area (Å²) in [5.41, 5.74) is 21.0. The lowest BCUT2D eigenvalue weighted by Gasteiger charge is -2.49. The van der Waals surface area contributed by atoms with Crippen molar-refractivity contribution in [2.45, 2.75) is 0 Å². The summed E-state index contributed by atoms with van der Waals surface area (Å²) >= 11 is 0. The molecule has 0 amide bonds. The summed E-state index contributed by atoms with van der Waals surface area (Å²) in [5, 5.41) is 3.97. The molecule has 0 unspecified atom stereocenters. The van der Waals surface area contributed by atoms with Crippen molar-refractivity contribution in [2.24, 2.45) is 0 Å². The van der Waals surface area contributed by atoms with Crippen LogP contribution in [0.4, 0.5) is 62.6 Å². The molecule has 0 fully saturated rings. The lowest BCUT2D eigenvalue weighted by atomic mass is 9.29. The van der Waals surface area contributed by atoms with E-state index in [1.807, 2.05) is 0 Å². The van der Waals surface area contributed by atoms with Gasteiger partial charge in [-0.2, -0.15) is 0 Å². The highest BCUT2D eigenvalue weighted by Crippen LogP contribution is 2.50. The van der Waals surface area contributed by atoms with Gasteiger partial charge < -0.3 is 20.0 Å². The molecular weight excluding hydrogens is 654 g/mol. The van der Waals surface area contributed by atoms with E-state index in [4.69, 9.17) is 0 Å². The van der Waals surface area contributed by atoms with Crippen LogP contribution in [0.15, 0.2) is 188 Å². The zero-order valence-corrected chi connectivity index (χ0v) is 29.4. The maximum Gasteiger partial charge on any atom is 0.252 e. The van der Waals surface area contributed by atoms with Gasteiger partial charge in [0.2, 0.25) is 0 Å². The number of nitrogens with one attached hydrogen (secondary N) is 1. The standard InChI is InChI=1S/C48H32B2N4/c1-3-17-32(18-4-1)52(33-19-5-2-6-20-33)43-29-15-16-30-44(43)53-40-26-12-8-22-35(40)50-37-24-10-14-28-42(37)54-41-27-13-9-23-36(41)49-34-21-7-11-25-38(34)51-39-31-45(53)47(50)48(54)46(39)49/h1-31,51H. The van der Waals surface area contributed by atoms with Gasteiger partial charge in [-0.25, -0.2) is 0 Å². The van der Waals surface area contributed by atoms with Crippen molar-refractivity contribution in [2.75, 3.05) is 20.0 Å². The van der Waals surface area contributed by atoms with Crippen molar-refractivity contribution >= 4 is 109 Å². The minimum absolute atomic E-state index is 0.0646. The quantitative estimate of drug-likeness (QED) is 0.189. The Hall–Kier alpha value is -6.91. The molecule has 0 radical (unpaired) electrons. The van der Waals surface area contributed by atoms with Gasteiger partial charge in [-0.1, -0.05) is 121 Å². The molecule has 0 saturated heterocycles. The molecular formula is C48H32B2N4. The average Bonchev–Trinajstić information content (AvgIpc) is 3.24. The first-order valence-corrected chi connectivity index (χ1v) is 18.8. The minimum atomic E-state index is 0.0646. The second-order valence-electron chi connectivity index (χ2n) is 14.5. The molecule has 4 aliphatic rings. The third-order valence-corrected chi connectivity index (χ3v) is 11.8. The van der Waals surface area contributed by atoms with Crippen molar-refractivity contribution in [1.82, 2.24) is 0 Å². The van der Waals surface area contributed by atoms with E-state index in [0.717, 1.165) is 28.4 Å². The molecule has 4 aliphatic heterocycles. The Morgan fingerprint density at radius 1 is 0.370 bits per heavy atom. The first-order chi connectivity index (χ1) is 26.8. The van der Waals surface area contributed by atoms with Crippen molar-refractivity contribution in [3.05, 3.63) is 188 Å². The Kier molecular flexibility index (Phi) is 6.20. The van der Waals surface area contributed by atoms with Crippen molar-refractivity contribution in [3.63, 3.8) is 0 Å². The van der Waals surface area contributed by atoms with Crippen LogP contribution in [0, 0.1) is 0 Å². The third kappa shape index (κ3) is 4.00. The zero-order valence-electron chi connectivity index (χ0n) is 29.4. The van der Waals surface area contributed by atoms with Crippen LogP contribution in [0.25, 0.3) is 0 Å². The molecule has 6 heteroatoms. The van der Waals surface area contributed by atoms with Gasteiger partial charge in [-0.3, -0.25) is 0 Å². The molecule has 8 aromatic carbocycles. The normalized spacial score (nSPS) is 13.6. The fraction of sp³-hybridized carbons (Fsp3) is 0. The van der Waals surface area contributed by atoms with Gasteiger partial charge in [0.15, 0.2) is 0 Å². The summed E-state index contributed by atoms with van der Waals surface area (Å²) in [4.78, 5) is 7.50. The molecule has 0 bridgehead atoms. The molecule has 54 heavy (non-hydrogen) atoms. The first kappa shape index (κ1) is 29.6. The van der Waals surface area contributed by atoms with E-state index >= 15 is 0 Å². The van der Waals surface area contributed by atoms with E-state index in [2.05, 4.69) is 208 Å². The van der Waals surface area contributed by atoms with Crippen LogP contribution in [-0.4, -0.2) is 13.4 Å². The van der Waals surface area contributed by atoms with E-state index in [1.54, 1.807) is 0 Å². The highest BCUT2D eigenvalue weighted by atomic mass is 15.2. The van der Waals surface area contributed by atoms with Crippen molar-refractivity contribution in [1.29, 1.82) is 0 Å². The second kappa shape index (κ2) is 11.3. The first-order valence-electron chi connectivity index (χ1n) is 18.8. The molecule has 0 aliphatic carbocycles. The van der Waals surface area contributed by atoms with Gasteiger partial charge in [-0.05, 0) is 99.5 Å². The SMILES string of the molecule is c1ccc(N(c2ccccc2)c2ccccc2N2c3ccccc3B3c4ccccc4N4c5ccccc5B5c6ccccc6Nc6cc2c3c4c65)cc1. The summed E-state index contributed by atoms with van der Waals surface area (Å²) < 4.78 is 0. The number of rotatable bonds is 4. The number of hydrogen-bond acceptors (Lipinski definition) is 4. The number of para-hydroxylation sites is 8. The molecule has 4 nitrogen and oxygen atoms in total. The molecule has 4 heterocycles. The number of hydrogen-bond donors (Lipinski definition) is 1. The molecule has 12 rings (SSSR count). The number of fused-ring (bicyclic) bond motifs is 10. The molecule has 0 atom stereocenters. The molecule has 1 N–H and O–H groups in total. The van der Waals surface area contributed by atoms with Gasteiger partial charge in [0.05, 0.1) is 11.4 Å². The van der Waals surface area contributed by atoms with E-state index < -0.39 is 0 Å². The Balaban J connectivity index is 1.20. The van der Waals surface area contributed by atoms with E-state index in [1.165, 1.54) is 66.9 Å². The van der Waals surface area contributed by atoms with Crippen LogP contribution in [-0.2, 0) is 0 Å². The lowest BCUT2D eigenvalue weighted by molar-refractivity contribution is 1.22. The lowest BCUT2D eigenvalue weighted by Crippen LogP contribution is -2.68. The van der Waals surface area contributed by atoms with Crippen molar-refractivity contribution in [3.8, 4) is 0 Å². The largest absolute Gasteiger partial charge is 0.356 e. The smallest absolute Gasteiger partial charge is 0.252 e. The Labute approximate surface area is 315 Å². The highest BCUT2D eigenvalue weighted by molar-refractivity contribution is 7.04. The summed E-state index contributed by atoms with van der Waals surface area (Å²) in [5.74, 6) is 0. The van der Waals surface area contributed by atoms with Gasteiger partial charge in [0.25, 0.3) is 13.4 Å². The topological polar surface area (TPSA) is 21.8 Å². The summed E-state index contributed by atoms with van der Waals surface area (Å²) in [7, 11) is 0. The van der Waals surface area contributed by atoms with Crippen LogP contribution >= 0.6 is 0 Å².